The molecule has 23 heavy (non-hydrogen) atoms. The SMILES string of the molecule is C=CCB(CC=C)C1=C([Si](C)(C)C)[Si](C(C)C)(C(C)C)CCC1. The number of allylic oxidation sites excluding steroid dienone is 3. The highest BCUT2D eigenvalue weighted by Gasteiger charge is 2.50. The van der Waals surface area contributed by atoms with Gasteiger partial charge in [0, 0.05) is 0 Å². The zero-order valence-corrected chi connectivity index (χ0v) is 18.8. The molecular weight excluding hydrogens is 307 g/mol. The lowest BCUT2D eigenvalue weighted by atomic mass is 9.39. The van der Waals surface area contributed by atoms with Gasteiger partial charge in [-0.3, -0.25) is 0 Å². The van der Waals surface area contributed by atoms with Gasteiger partial charge < -0.3 is 0 Å². The Morgan fingerprint density at radius 2 is 1.52 bits per heavy atom. The minimum Gasteiger partial charge on any atom is -0.109 e. The predicted molar refractivity (Wildman–Crippen MR) is 116 cm³/mol. The van der Waals surface area contributed by atoms with E-state index in [-0.39, 0.29) is 0 Å². The lowest BCUT2D eigenvalue weighted by molar-refractivity contribution is 0.808. The van der Waals surface area contributed by atoms with Gasteiger partial charge in [0.15, 0.2) is 6.71 Å². The van der Waals surface area contributed by atoms with Crippen LogP contribution in [0.4, 0.5) is 0 Å². The van der Waals surface area contributed by atoms with Crippen molar-refractivity contribution < 1.29 is 0 Å². The van der Waals surface area contributed by atoms with Crippen molar-refractivity contribution in [1.29, 1.82) is 0 Å². The van der Waals surface area contributed by atoms with E-state index in [9.17, 15) is 0 Å². The minimum atomic E-state index is -1.41. The van der Waals surface area contributed by atoms with Gasteiger partial charge in [-0.1, -0.05) is 89.4 Å². The number of hydrogen-bond acceptors (Lipinski definition) is 0. The quantitative estimate of drug-likeness (QED) is 0.323. The molecule has 0 spiro atoms. The van der Waals surface area contributed by atoms with E-state index in [1.54, 1.807) is 0 Å². The summed E-state index contributed by atoms with van der Waals surface area (Å²) in [6.45, 7) is 26.6. The molecule has 0 bridgehead atoms. The second kappa shape index (κ2) is 8.20. The topological polar surface area (TPSA) is 0 Å². The monoisotopic (exact) mass is 346 g/mol. The number of hydrogen-bond donors (Lipinski definition) is 0. The Balaban J connectivity index is 3.64. The van der Waals surface area contributed by atoms with Crippen LogP contribution < -0.4 is 0 Å². The van der Waals surface area contributed by atoms with Crippen LogP contribution in [0.3, 0.4) is 0 Å². The summed E-state index contributed by atoms with van der Waals surface area (Å²) >= 11 is 0. The first kappa shape index (κ1) is 20.8. The summed E-state index contributed by atoms with van der Waals surface area (Å²) in [5.41, 5.74) is 3.56. The third-order valence-corrected chi connectivity index (χ3v) is 18.1. The van der Waals surface area contributed by atoms with E-state index < -0.39 is 16.1 Å². The van der Waals surface area contributed by atoms with E-state index in [1.165, 1.54) is 18.9 Å². The lowest BCUT2D eigenvalue weighted by Crippen LogP contribution is -2.54. The third-order valence-electron chi connectivity index (χ3n) is 6.03. The van der Waals surface area contributed by atoms with Crippen LogP contribution in [0.15, 0.2) is 35.6 Å². The fourth-order valence-electron chi connectivity index (χ4n) is 5.31. The van der Waals surface area contributed by atoms with Crippen LogP contribution in [0.1, 0.15) is 40.5 Å². The molecule has 3 heteroatoms. The number of rotatable bonds is 8. The predicted octanol–water partition coefficient (Wildman–Crippen LogP) is 7.17. The lowest BCUT2D eigenvalue weighted by Gasteiger charge is -2.51. The van der Waals surface area contributed by atoms with Gasteiger partial charge >= 0.3 is 0 Å². The molecule has 0 saturated carbocycles. The fourth-order valence-corrected chi connectivity index (χ4v) is 19.9. The normalized spacial score (nSPS) is 18.5. The molecule has 130 valence electrons. The van der Waals surface area contributed by atoms with Gasteiger partial charge in [0.2, 0.25) is 0 Å². The highest BCUT2D eigenvalue weighted by Crippen LogP contribution is 2.51. The van der Waals surface area contributed by atoms with Crippen molar-refractivity contribution >= 4 is 22.9 Å². The van der Waals surface area contributed by atoms with Crippen molar-refractivity contribution in [2.45, 2.75) is 89.9 Å². The first-order chi connectivity index (χ1) is 10.6. The molecule has 0 unspecified atom stereocenters. The fraction of sp³-hybridized carbons (Fsp3) is 0.700. The van der Waals surface area contributed by atoms with Crippen molar-refractivity contribution in [3.8, 4) is 0 Å². The summed E-state index contributed by atoms with van der Waals surface area (Å²) in [4.78, 5) is 2.04. The molecule has 0 atom stereocenters. The second-order valence-electron chi connectivity index (χ2n) is 9.10. The molecule has 0 radical (unpaired) electrons. The van der Waals surface area contributed by atoms with Crippen LogP contribution in [0.2, 0.25) is 49.4 Å². The van der Waals surface area contributed by atoms with E-state index >= 15 is 0 Å². The van der Waals surface area contributed by atoms with E-state index in [4.69, 9.17) is 0 Å². The maximum absolute atomic E-state index is 4.04. The van der Waals surface area contributed by atoms with Gasteiger partial charge in [0.1, 0.15) is 0 Å². The standard InChI is InChI=1S/C20H39BSi2/c1-10-14-21(15-11-2)19-13-12-16-23(17(3)4,18(5)6)20(19)22(7,8)9/h10-11,17-18H,1-2,12-16H2,3-9H3. The summed E-state index contributed by atoms with van der Waals surface area (Å²) in [7, 11) is -2.74. The molecule has 0 N–H and O–H groups in total. The molecule has 0 saturated heterocycles. The van der Waals surface area contributed by atoms with E-state index in [1.807, 2.05) is 10.3 Å². The van der Waals surface area contributed by atoms with Crippen LogP contribution in [-0.2, 0) is 0 Å². The Morgan fingerprint density at radius 3 is 1.87 bits per heavy atom. The van der Waals surface area contributed by atoms with Crippen LogP contribution in [-0.4, -0.2) is 22.9 Å². The smallest absolute Gasteiger partial charge is 0.109 e. The van der Waals surface area contributed by atoms with E-state index in [2.05, 4.69) is 72.6 Å². The van der Waals surface area contributed by atoms with Gasteiger partial charge in [-0.2, -0.15) is 0 Å². The highest BCUT2D eigenvalue weighted by atomic mass is 28.4. The van der Waals surface area contributed by atoms with Gasteiger partial charge in [-0.25, -0.2) is 0 Å². The van der Waals surface area contributed by atoms with Crippen molar-refractivity contribution in [2.75, 3.05) is 0 Å². The van der Waals surface area contributed by atoms with Gasteiger partial charge in [0.05, 0.1) is 16.1 Å². The Bertz CT molecular complexity index is 437. The van der Waals surface area contributed by atoms with Crippen molar-refractivity contribution in [1.82, 2.24) is 0 Å². The summed E-state index contributed by atoms with van der Waals surface area (Å²) < 4.78 is 0. The second-order valence-corrected chi connectivity index (χ2v) is 20.0. The molecule has 1 rings (SSSR count). The van der Waals surface area contributed by atoms with Gasteiger partial charge in [-0.15, -0.1) is 18.6 Å². The Labute approximate surface area is 148 Å². The van der Waals surface area contributed by atoms with Crippen LogP contribution in [0, 0.1) is 0 Å². The van der Waals surface area contributed by atoms with Crippen LogP contribution in [0.25, 0.3) is 0 Å². The summed E-state index contributed by atoms with van der Waals surface area (Å²) in [6, 6.07) is 1.51. The molecule has 0 aromatic heterocycles. The van der Waals surface area contributed by atoms with Crippen molar-refractivity contribution in [3.63, 3.8) is 0 Å². The first-order valence-electron chi connectivity index (χ1n) is 9.58. The zero-order valence-electron chi connectivity index (χ0n) is 16.8. The Morgan fingerprint density at radius 1 is 1.04 bits per heavy atom. The molecule has 1 heterocycles. The van der Waals surface area contributed by atoms with E-state index in [0.717, 1.165) is 23.7 Å². The average molecular weight is 347 g/mol. The van der Waals surface area contributed by atoms with Crippen molar-refractivity contribution in [2.24, 2.45) is 0 Å². The molecule has 0 nitrogen and oxygen atoms in total. The Hall–Kier alpha value is -0.281. The maximum atomic E-state index is 4.04. The summed E-state index contributed by atoms with van der Waals surface area (Å²) in [5.74, 6) is 0. The molecular formula is C20H39BSi2. The Kier molecular flexibility index (Phi) is 7.40. The molecule has 1 aliphatic rings. The summed E-state index contributed by atoms with van der Waals surface area (Å²) in [5, 5.41) is 0. The van der Waals surface area contributed by atoms with Crippen molar-refractivity contribution in [3.05, 3.63) is 35.6 Å². The average Bonchev–Trinajstić information content (AvgIpc) is 2.44. The minimum absolute atomic E-state index is 0.663. The van der Waals surface area contributed by atoms with Gasteiger partial charge in [0.25, 0.3) is 0 Å². The van der Waals surface area contributed by atoms with E-state index in [0.29, 0.717) is 6.71 Å². The molecule has 0 aromatic rings. The zero-order chi connectivity index (χ0) is 17.8. The first-order valence-corrected chi connectivity index (χ1v) is 15.4. The summed E-state index contributed by atoms with van der Waals surface area (Å²) in [6.07, 6.45) is 9.25. The van der Waals surface area contributed by atoms with Crippen LogP contribution >= 0.6 is 0 Å². The largest absolute Gasteiger partial charge is 0.177 e. The van der Waals surface area contributed by atoms with Gasteiger partial charge in [-0.05, 0) is 17.5 Å². The molecule has 0 fully saturated rings. The third kappa shape index (κ3) is 4.22. The molecule has 0 amide bonds. The molecule has 0 aromatic carbocycles. The highest BCUT2D eigenvalue weighted by molar-refractivity contribution is 7.08. The molecule has 1 aliphatic heterocycles. The molecule has 0 aliphatic carbocycles. The maximum Gasteiger partial charge on any atom is 0.177 e. The van der Waals surface area contributed by atoms with Crippen LogP contribution in [0.5, 0.6) is 0 Å².